The highest BCUT2D eigenvalue weighted by atomic mass is 16.2. The fraction of sp³-hybridized carbons (Fsp3) is 0.875. The number of amides is 1. The third-order valence-electron chi connectivity index (χ3n) is 2.65. The number of rotatable bonds is 0. The number of nitrogens with one attached hydrogen (secondary N) is 1. The number of nitrogens with zero attached hydrogens (tertiary/aromatic N) is 1. The average molecular weight is 156 g/mol. The maximum Gasteiger partial charge on any atom is 0.241 e. The first kappa shape index (κ1) is 8.53. The van der Waals surface area contributed by atoms with Crippen molar-refractivity contribution >= 4 is 5.91 Å². The van der Waals surface area contributed by atoms with Gasteiger partial charge in [0.2, 0.25) is 5.91 Å². The van der Waals surface area contributed by atoms with Gasteiger partial charge in [-0.05, 0) is 34.7 Å². The predicted octanol–water partition coefficient (Wildman–Crippen LogP) is 0.563. The van der Waals surface area contributed by atoms with Crippen molar-refractivity contribution in [2.45, 2.75) is 38.9 Å². The lowest BCUT2D eigenvalue weighted by atomic mass is 10.0. The summed E-state index contributed by atoms with van der Waals surface area (Å²) in [6, 6.07) is 0. The fourth-order valence-corrected chi connectivity index (χ4v) is 1.37. The number of hydrogen-bond donors (Lipinski definition) is 1. The van der Waals surface area contributed by atoms with Crippen molar-refractivity contribution in [3.05, 3.63) is 0 Å². The third kappa shape index (κ3) is 1.03. The highest BCUT2D eigenvalue weighted by molar-refractivity contribution is 5.88. The maximum absolute atomic E-state index is 11.4. The molecule has 1 fully saturated rings. The molecule has 0 aromatic rings. The zero-order valence-corrected chi connectivity index (χ0v) is 7.86. The van der Waals surface area contributed by atoms with Gasteiger partial charge in [-0.25, -0.2) is 0 Å². The summed E-state index contributed by atoms with van der Waals surface area (Å²) in [5.74, 6) is 0.102. The Hall–Kier alpha value is -0.570. The minimum atomic E-state index is -0.372. The monoisotopic (exact) mass is 156 g/mol. The lowest BCUT2D eigenvalue weighted by molar-refractivity contribution is -0.124. The van der Waals surface area contributed by atoms with Gasteiger partial charge in [0.05, 0.1) is 11.2 Å². The van der Waals surface area contributed by atoms with Gasteiger partial charge in [0.15, 0.2) is 0 Å². The average Bonchev–Trinajstić information content (AvgIpc) is 1.94. The van der Waals surface area contributed by atoms with E-state index in [-0.39, 0.29) is 17.1 Å². The molecule has 0 radical (unpaired) electrons. The SMILES string of the molecule is CN1C(C)(C)NC(=O)C1(C)C. The topological polar surface area (TPSA) is 32.3 Å². The van der Waals surface area contributed by atoms with Crippen LogP contribution in [0.25, 0.3) is 0 Å². The Morgan fingerprint density at radius 3 is 1.82 bits per heavy atom. The van der Waals surface area contributed by atoms with Gasteiger partial charge in [-0.15, -0.1) is 0 Å². The Balaban J connectivity index is 2.98. The van der Waals surface area contributed by atoms with Crippen molar-refractivity contribution in [3.63, 3.8) is 0 Å². The van der Waals surface area contributed by atoms with Gasteiger partial charge in [0.25, 0.3) is 0 Å². The first-order valence-corrected chi connectivity index (χ1v) is 3.85. The van der Waals surface area contributed by atoms with Crippen LogP contribution in [0.3, 0.4) is 0 Å². The maximum atomic E-state index is 11.4. The van der Waals surface area contributed by atoms with Crippen LogP contribution in [0.5, 0.6) is 0 Å². The van der Waals surface area contributed by atoms with Gasteiger partial charge in [0.1, 0.15) is 0 Å². The first-order chi connectivity index (χ1) is 4.78. The molecule has 0 aliphatic carbocycles. The van der Waals surface area contributed by atoms with Crippen LogP contribution < -0.4 is 5.32 Å². The molecule has 3 nitrogen and oxygen atoms in total. The molecule has 0 spiro atoms. The normalized spacial score (nSPS) is 28.6. The van der Waals surface area contributed by atoms with E-state index in [0.717, 1.165) is 0 Å². The second-order valence-electron chi connectivity index (χ2n) is 4.13. The Morgan fingerprint density at radius 1 is 1.27 bits per heavy atom. The van der Waals surface area contributed by atoms with Crippen LogP contribution in [-0.4, -0.2) is 29.1 Å². The van der Waals surface area contributed by atoms with Gasteiger partial charge >= 0.3 is 0 Å². The van der Waals surface area contributed by atoms with Crippen molar-refractivity contribution in [2.75, 3.05) is 7.05 Å². The molecule has 0 aromatic heterocycles. The van der Waals surface area contributed by atoms with Crippen LogP contribution in [0.4, 0.5) is 0 Å². The van der Waals surface area contributed by atoms with E-state index in [9.17, 15) is 4.79 Å². The molecule has 0 bridgehead atoms. The number of hydrogen-bond acceptors (Lipinski definition) is 2. The van der Waals surface area contributed by atoms with Crippen molar-refractivity contribution in [1.82, 2.24) is 10.2 Å². The predicted molar refractivity (Wildman–Crippen MR) is 44.1 cm³/mol. The van der Waals surface area contributed by atoms with Gasteiger partial charge in [-0.1, -0.05) is 0 Å². The van der Waals surface area contributed by atoms with Crippen LogP contribution in [-0.2, 0) is 4.79 Å². The Bertz CT molecular complexity index is 196. The molecule has 1 rings (SSSR count). The van der Waals surface area contributed by atoms with Gasteiger partial charge in [0, 0.05) is 0 Å². The number of likely N-dealkylation sites (N-methyl/N-ethyl adjacent to an activating group) is 1. The van der Waals surface area contributed by atoms with Crippen molar-refractivity contribution < 1.29 is 4.79 Å². The third-order valence-corrected chi connectivity index (χ3v) is 2.65. The quantitative estimate of drug-likeness (QED) is 0.556. The lowest BCUT2D eigenvalue weighted by Gasteiger charge is -2.33. The molecular formula is C8H16N2O. The second kappa shape index (κ2) is 1.97. The molecule has 1 aliphatic heterocycles. The summed E-state index contributed by atoms with van der Waals surface area (Å²) in [6.07, 6.45) is 0. The molecule has 0 atom stereocenters. The van der Waals surface area contributed by atoms with Crippen molar-refractivity contribution in [2.24, 2.45) is 0 Å². The van der Waals surface area contributed by atoms with Crippen LogP contribution in [0.15, 0.2) is 0 Å². The molecule has 0 unspecified atom stereocenters. The summed E-state index contributed by atoms with van der Waals surface area (Å²) in [6.45, 7) is 7.85. The van der Waals surface area contributed by atoms with E-state index in [4.69, 9.17) is 0 Å². The van der Waals surface area contributed by atoms with Crippen LogP contribution in [0, 0.1) is 0 Å². The summed E-state index contributed by atoms with van der Waals surface area (Å²) in [5.41, 5.74) is -0.579. The molecule has 1 N–H and O–H groups in total. The molecule has 1 aliphatic rings. The summed E-state index contributed by atoms with van der Waals surface area (Å²) in [5, 5.41) is 2.92. The fourth-order valence-electron chi connectivity index (χ4n) is 1.37. The summed E-state index contributed by atoms with van der Waals surface area (Å²) >= 11 is 0. The Morgan fingerprint density at radius 2 is 1.73 bits per heavy atom. The van der Waals surface area contributed by atoms with Gasteiger partial charge in [-0.2, -0.15) is 0 Å². The number of carbonyl (C=O) groups is 1. The van der Waals surface area contributed by atoms with E-state index < -0.39 is 0 Å². The van der Waals surface area contributed by atoms with E-state index in [0.29, 0.717) is 0 Å². The highest BCUT2D eigenvalue weighted by Crippen LogP contribution is 2.27. The number of carbonyl (C=O) groups excluding carboxylic acids is 1. The van der Waals surface area contributed by atoms with Crippen molar-refractivity contribution in [3.8, 4) is 0 Å². The molecule has 1 saturated heterocycles. The highest BCUT2D eigenvalue weighted by Gasteiger charge is 2.48. The standard InChI is InChI=1S/C8H16N2O/c1-7(2)6(11)9-8(3,4)10(7)5/h1-5H3,(H,9,11). The molecule has 64 valence electrons. The summed E-state index contributed by atoms with van der Waals surface area (Å²) in [4.78, 5) is 13.4. The second-order valence-corrected chi connectivity index (χ2v) is 4.13. The first-order valence-electron chi connectivity index (χ1n) is 3.85. The van der Waals surface area contributed by atoms with Gasteiger partial charge < -0.3 is 5.32 Å². The summed E-state index contributed by atoms with van der Waals surface area (Å²) < 4.78 is 0. The van der Waals surface area contributed by atoms with E-state index in [1.807, 2.05) is 39.6 Å². The lowest BCUT2D eigenvalue weighted by Crippen LogP contribution is -2.48. The summed E-state index contributed by atoms with van der Waals surface area (Å²) in [7, 11) is 1.96. The molecule has 1 heterocycles. The zero-order valence-electron chi connectivity index (χ0n) is 7.86. The van der Waals surface area contributed by atoms with Crippen LogP contribution >= 0.6 is 0 Å². The van der Waals surface area contributed by atoms with E-state index in [1.54, 1.807) is 0 Å². The Kier molecular flexibility index (Phi) is 1.53. The molecule has 0 aromatic carbocycles. The molecule has 11 heavy (non-hydrogen) atoms. The molecule has 1 amide bonds. The van der Waals surface area contributed by atoms with Crippen molar-refractivity contribution in [1.29, 1.82) is 0 Å². The van der Waals surface area contributed by atoms with E-state index in [1.165, 1.54) is 0 Å². The molecule has 0 saturated carbocycles. The minimum absolute atomic E-state index is 0.102. The zero-order chi connectivity index (χ0) is 8.86. The van der Waals surface area contributed by atoms with Gasteiger partial charge in [-0.3, -0.25) is 9.69 Å². The molecular weight excluding hydrogens is 140 g/mol. The molecule has 3 heteroatoms. The van der Waals surface area contributed by atoms with E-state index >= 15 is 0 Å². The Labute approximate surface area is 67.8 Å². The van der Waals surface area contributed by atoms with E-state index in [2.05, 4.69) is 5.32 Å². The van der Waals surface area contributed by atoms with Crippen LogP contribution in [0.1, 0.15) is 27.7 Å². The smallest absolute Gasteiger partial charge is 0.241 e. The minimum Gasteiger partial charge on any atom is -0.337 e. The van der Waals surface area contributed by atoms with Crippen LogP contribution in [0.2, 0.25) is 0 Å². The largest absolute Gasteiger partial charge is 0.337 e.